The summed E-state index contributed by atoms with van der Waals surface area (Å²) in [4.78, 5) is 6.61. The molecular weight excluding hydrogens is 282 g/mol. The minimum atomic E-state index is -3.65. The van der Waals surface area contributed by atoms with Crippen LogP contribution in [-0.2, 0) is 14.8 Å². The van der Waals surface area contributed by atoms with E-state index < -0.39 is 10.0 Å². The van der Waals surface area contributed by atoms with Crippen LogP contribution in [0, 0.1) is 0 Å². The average molecular weight is 297 g/mol. The molecule has 1 aromatic carbocycles. The number of nitrogens with zero attached hydrogens (tertiary/aromatic N) is 1. The van der Waals surface area contributed by atoms with Gasteiger partial charge in [-0.05, 0) is 24.3 Å². The number of aromatic nitrogens is 2. The first kappa shape index (κ1) is 14.4. The van der Waals surface area contributed by atoms with Crippen molar-refractivity contribution in [3.63, 3.8) is 0 Å². The highest BCUT2D eigenvalue weighted by Crippen LogP contribution is 2.17. The number of nitrogens with one attached hydrogen (secondary N) is 2. The van der Waals surface area contributed by atoms with Crippen molar-refractivity contribution < 1.29 is 17.9 Å². The van der Waals surface area contributed by atoms with Gasteiger partial charge in [0.2, 0.25) is 5.95 Å². The van der Waals surface area contributed by atoms with Crippen molar-refractivity contribution in [1.82, 2.24) is 9.97 Å². The number of hydrogen-bond donors (Lipinski definition) is 2. The summed E-state index contributed by atoms with van der Waals surface area (Å²) < 4.78 is 36.6. The second kappa shape index (κ2) is 6.40. The third-order valence-electron chi connectivity index (χ3n) is 2.42. The van der Waals surface area contributed by atoms with Crippen LogP contribution in [0.1, 0.15) is 0 Å². The second-order valence-electron chi connectivity index (χ2n) is 3.86. The van der Waals surface area contributed by atoms with Crippen LogP contribution >= 0.6 is 0 Å². The maximum atomic E-state index is 12.0. The zero-order valence-electron chi connectivity index (χ0n) is 10.9. The zero-order chi connectivity index (χ0) is 14.4. The number of imidazole rings is 1. The van der Waals surface area contributed by atoms with Crippen LogP contribution in [0.25, 0.3) is 0 Å². The normalized spacial score (nSPS) is 11.2. The van der Waals surface area contributed by atoms with Crippen molar-refractivity contribution >= 4 is 16.0 Å². The molecule has 8 heteroatoms. The maximum Gasteiger partial charge on any atom is 0.264 e. The van der Waals surface area contributed by atoms with Crippen LogP contribution in [0.2, 0.25) is 0 Å². The fraction of sp³-hybridized carbons (Fsp3) is 0.250. The minimum absolute atomic E-state index is 0.132. The highest BCUT2D eigenvalue weighted by molar-refractivity contribution is 7.92. The molecule has 0 aliphatic heterocycles. The zero-order valence-corrected chi connectivity index (χ0v) is 11.7. The van der Waals surface area contributed by atoms with Gasteiger partial charge in [0.05, 0.1) is 11.5 Å². The number of ether oxygens (including phenoxy) is 2. The number of hydrogen-bond acceptors (Lipinski definition) is 5. The predicted molar refractivity (Wildman–Crippen MR) is 73.2 cm³/mol. The van der Waals surface area contributed by atoms with Gasteiger partial charge in [0.1, 0.15) is 12.4 Å². The Morgan fingerprint density at radius 2 is 2.00 bits per heavy atom. The number of sulfonamides is 1. The molecule has 20 heavy (non-hydrogen) atoms. The van der Waals surface area contributed by atoms with Gasteiger partial charge >= 0.3 is 0 Å². The van der Waals surface area contributed by atoms with E-state index in [-0.39, 0.29) is 10.8 Å². The Bertz CT molecular complexity index is 623. The van der Waals surface area contributed by atoms with Crippen molar-refractivity contribution in [3.8, 4) is 5.75 Å². The first-order valence-electron chi connectivity index (χ1n) is 5.86. The number of anilines is 1. The molecule has 0 aliphatic carbocycles. The van der Waals surface area contributed by atoms with Gasteiger partial charge in [0.15, 0.2) is 0 Å². The molecule has 7 nitrogen and oxygen atoms in total. The van der Waals surface area contributed by atoms with E-state index in [0.717, 1.165) is 0 Å². The molecule has 0 bridgehead atoms. The fourth-order valence-corrected chi connectivity index (χ4v) is 2.44. The van der Waals surface area contributed by atoms with E-state index in [0.29, 0.717) is 19.0 Å². The van der Waals surface area contributed by atoms with Crippen LogP contribution in [-0.4, -0.2) is 38.7 Å². The molecule has 0 aliphatic rings. The topological polar surface area (TPSA) is 93.3 Å². The molecule has 2 rings (SSSR count). The van der Waals surface area contributed by atoms with E-state index in [1.807, 2.05) is 0 Å². The first-order valence-corrected chi connectivity index (χ1v) is 7.34. The fourth-order valence-electron chi connectivity index (χ4n) is 1.47. The lowest BCUT2D eigenvalue weighted by atomic mass is 10.3. The summed E-state index contributed by atoms with van der Waals surface area (Å²) in [6.07, 6.45) is 3.00. The molecule has 0 saturated heterocycles. The Morgan fingerprint density at radius 3 is 2.60 bits per heavy atom. The third kappa shape index (κ3) is 3.72. The van der Waals surface area contributed by atoms with Crippen molar-refractivity contribution in [3.05, 3.63) is 36.7 Å². The second-order valence-corrected chi connectivity index (χ2v) is 5.54. The van der Waals surface area contributed by atoms with Crippen molar-refractivity contribution in [1.29, 1.82) is 0 Å². The standard InChI is InChI=1S/C12H15N3O4S/c1-18-8-9-19-10-2-4-11(5-3-10)20(16,17)15-12-13-6-7-14-12/h2-7H,8-9H2,1H3,(H2,13,14,15). The molecule has 2 N–H and O–H groups in total. The summed E-state index contributed by atoms with van der Waals surface area (Å²) in [5.74, 6) is 0.754. The molecule has 0 radical (unpaired) electrons. The van der Waals surface area contributed by atoms with Crippen LogP contribution in [0.15, 0.2) is 41.6 Å². The van der Waals surface area contributed by atoms with E-state index in [1.165, 1.54) is 24.5 Å². The summed E-state index contributed by atoms with van der Waals surface area (Å²) in [5, 5.41) is 0. The van der Waals surface area contributed by atoms with Gasteiger partial charge in [-0.1, -0.05) is 0 Å². The SMILES string of the molecule is COCCOc1ccc(S(=O)(=O)Nc2ncc[nH]2)cc1. The number of rotatable bonds is 7. The Balaban J connectivity index is 2.05. The van der Waals surface area contributed by atoms with Gasteiger partial charge < -0.3 is 14.5 Å². The highest BCUT2D eigenvalue weighted by Gasteiger charge is 2.15. The number of methoxy groups -OCH3 is 1. The Labute approximate surface area is 117 Å². The Kier molecular flexibility index (Phi) is 4.59. The van der Waals surface area contributed by atoms with Crippen LogP contribution in [0.3, 0.4) is 0 Å². The summed E-state index contributed by atoms with van der Waals surface area (Å²) in [7, 11) is -2.07. The lowest BCUT2D eigenvalue weighted by molar-refractivity contribution is 0.146. The maximum absolute atomic E-state index is 12.0. The molecule has 2 aromatic rings. The van der Waals surface area contributed by atoms with Gasteiger partial charge in [0.25, 0.3) is 10.0 Å². The van der Waals surface area contributed by atoms with E-state index in [4.69, 9.17) is 9.47 Å². The van der Waals surface area contributed by atoms with E-state index >= 15 is 0 Å². The van der Waals surface area contributed by atoms with Gasteiger partial charge in [-0.25, -0.2) is 18.1 Å². The van der Waals surface area contributed by atoms with Gasteiger partial charge in [-0.3, -0.25) is 0 Å². The van der Waals surface area contributed by atoms with Crippen LogP contribution in [0.5, 0.6) is 5.75 Å². The molecule has 0 spiro atoms. The summed E-state index contributed by atoms with van der Waals surface area (Å²) in [6, 6.07) is 6.11. The highest BCUT2D eigenvalue weighted by atomic mass is 32.2. The lowest BCUT2D eigenvalue weighted by Gasteiger charge is -2.08. The monoisotopic (exact) mass is 297 g/mol. The van der Waals surface area contributed by atoms with Crippen molar-refractivity contribution in [2.24, 2.45) is 0 Å². The Hall–Kier alpha value is -2.06. The number of benzene rings is 1. The first-order chi connectivity index (χ1) is 9.62. The molecular formula is C12H15N3O4S. The minimum Gasteiger partial charge on any atom is -0.491 e. The quantitative estimate of drug-likeness (QED) is 0.750. The summed E-state index contributed by atoms with van der Waals surface area (Å²) in [6.45, 7) is 0.882. The smallest absolute Gasteiger partial charge is 0.264 e. The largest absolute Gasteiger partial charge is 0.491 e. The van der Waals surface area contributed by atoms with E-state index in [1.54, 1.807) is 19.2 Å². The van der Waals surface area contributed by atoms with Crippen LogP contribution in [0.4, 0.5) is 5.95 Å². The van der Waals surface area contributed by atoms with Crippen molar-refractivity contribution in [2.45, 2.75) is 4.90 Å². The summed E-state index contributed by atoms with van der Waals surface area (Å²) >= 11 is 0. The average Bonchev–Trinajstić information content (AvgIpc) is 2.92. The molecule has 0 saturated carbocycles. The molecule has 0 fully saturated rings. The van der Waals surface area contributed by atoms with E-state index in [9.17, 15) is 8.42 Å². The van der Waals surface area contributed by atoms with E-state index in [2.05, 4.69) is 14.7 Å². The predicted octanol–water partition coefficient (Wildman–Crippen LogP) is 1.24. The molecule has 0 amide bonds. The molecule has 108 valence electrons. The lowest BCUT2D eigenvalue weighted by Crippen LogP contribution is -2.13. The third-order valence-corrected chi connectivity index (χ3v) is 3.77. The van der Waals surface area contributed by atoms with Crippen molar-refractivity contribution in [2.75, 3.05) is 25.0 Å². The van der Waals surface area contributed by atoms with Crippen LogP contribution < -0.4 is 9.46 Å². The van der Waals surface area contributed by atoms with Gasteiger partial charge in [0, 0.05) is 19.5 Å². The molecule has 0 unspecified atom stereocenters. The summed E-state index contributed by atoms with van der Waals surface area (Å²) in [5.41, 5.74) is 0. The van der Waals surface area contributed by atoms with Gasteiger partial charge in [-0.15, -0.1) is 0 Å². The molecule has 0 atom stereocenters. The number of aromatic amines is 1. The number of H-pyrrole nitrogens is 1. The molecule has 1 heterocycles. The molecule has 1 aromatic heterocycles. The van der Waals surface area contributed by atoms with Gasteiger partial charge in [-0.2, -0.15) is 0 Å². The Morgan fingerprint density at radius 1 is 1.25 bits per heavy atom.